The van der Waals surface area contributed by atoms with Crippen LogP contribution in [0, 0.1) is 0 Å². The van der Waals surface area contributed by atoms with Gasteiger partial charge in [0, 0.05) is 43.4 Å². The minimum Gasteiger partial charge on any atom is -0.368 e. The van der Waals surface area contributed by atoms with Gasteiger partial charge in [0.25, 0.3) is 0 Å². The van der Waals surface area contributed by atoms with Crippen LogP contribution in [-0.2, 0) is 0 Å². The van der Waals surface area contributed by atoms with Crippen LogP contribution in [0.4, 0.5) is 5.69 Å². The zero-order valence-corrected chi connectivity index (χ0v) is 9.13. The summed E-state index contributed by atoms with van der Waals surface area (Å²) in [4.78, 5) is 6.72. The first kappa shape index (κ1) is 8.53. The van der Waals surface area contributed by atoms with Crippen molar-refractivity contribution in [2.24, 2.45) is 0 Å². The summed E-state index contributed by atoms with van der Waals surface area (Å²) in [5.41, 5.74) is 2.28. The van der Waals surface area contributed by atoms with Gasteiger partial charge >= 0.3 is 0 Å². The molecule has 0 unspecified atom stereocenters. The first-order valence-corrected chi connectivity index (χ1v) is 5.67. The Balaban J connectivity index is 2.00. The van der Waals surface area contributed by atoms with Crippen LogP contribution in [0.2, 0.25) is 1.41 Å². The van der Waals surface area contributed by atoms with Gasteiger partial charge in [0.15, 0.2) is 0 Å². The third-order valence-corrected chi connectivity index (χ3v) is 3.02. The van der Waals surface area contributed by atoms with Gasteiger partial charge in [-0.1, -0.05) is 18.2 Å². The van der Waals surface area contributed by atoms with Gasteiger partial charge in [-0.3, -0.25) is 4.98 Å². The van der Waals surface area contributed by atoms with Gasteiger partial charge in [0.05, 0.1) is 5.52 Å². The van der Waals surface area contributed by atoms with E-state index in [1.807, 2.05) is 24.4 Å². The van der Waals surface area contributed by atoms with E-state index in [1.54, 1.807) is 5.31 Å². The molecule has 0 bridgehead atoms. The third kappa shape index (κ3) is 1.63. The SMILES string of the molecule is [2H]N1CCN(c2ccnc3ccccc23)CC1. The van der Waals surface area contributed by atoms with Gasteiger partial charge in [0.1, 0.15) is 1.41 Å². The van der Waals surface area contributed by atoms with E-state index in [1.165, 1.54) is 11.1 Å². The quantitative estimate of drug-likeness (QED) is 0.782. The summed E-state index contributed by atoms with van der Waals surface area (Å²) in [7, 11) is 0. The highest BCUT2D eigenvalue weighted by atomic mass is 15.2. The Morgan fingerprint density at radius 3 is 2.88 bits per heavy atom. The molecular weight excluding hydrogens is 198 g/mol. The highest BCUT2D eigenvalue weighted by Crippen LogP contribution is 2.24. The average Bonchev–Trinajstić information content (AvgIpc) is 2.39. The van der Waals surface area contributed by atoms with Crippen molar-refractivity contribution in [2.75, 3.05) is 31.1 Å². The zero-order valence-electron chi connectivity index (χ0n) is 10.1. The van der Waals surface area contributed by atoms with E-state index in [4.69, 9.17) is 1.41 Å². The van der Waals surface area contributed by atoms with Crippen molar-refractivity contribution in [3.8, 4) is 0 Å². The van der Waals surface area contributed by atoms with Crippen LogP contribution in [0.5, 0.6) is 0 Å². The largest absolute Gasteiger partial charge is 0.368 e. The van der Waals surface area contributed by atoms with Crippen molar-refractivity contribution in [1.29, 1.82) is 0 Å². The van der Waals surface area contributed by atoms with E-state index in [0.717, 1.165) is 31.7 Å². The predicted octanol–water partition coefficient (Wildman–Crippen LogP) is 1.64. The molecule has 0 aliphatic carbocycles. The average molecular weight is 214 g/mol. The van der Waals surface area contributed by atoms with Gasteiger partial charge in [-0.05, 0) is 12.1 Å². The number of nitrogens with one attached hydrogen (secondary N) is 1. The number of benzene rings is 1. The molecule has 1 aromatic carbocycles. The summed E-state index contributed by atoms with van der Waals surface area (Å²) in [6.07, 6.45) is 1.87. The molecule has 82 valence electrons. The van der Waals surface area contributed by atoms with Gasteiger partial charge in [-0.25, -0.2) is 0 Å². The molecule has 1 N–H and O–H groups in total. The summed E-state index contributed by atoms with van der Waals surface area (Å²) in [6, 6.07) is 10.3. The van der Waals surface area contributed by atoms with Crippen molar-refractivity contribution >= 4 is 16.6 Å². The lowest BCUT2D eigenvalue weighted by atomic mass is 10.1. The molecule has 0 atom stereocenters. The molecule has 0 saturated carbocycles. The van der Waals surface area contributed by atoms with E-state index in [0.29, 0.717) is 0 Å². The molecule has 0 spiro atoms. The summed E-state index contributed by atoms with van der Waals surface area (Å²) >= 11 is 0. The highest BCUT2D eigenvalue weighted by Gasteiger charge is 2.12. The molecule has 1 saturated heterocycles. The van der Waals surface area contributed by atoms with E-state index in [9.17, 15) is 0 Å². The molecular formula is C13H15N3. The fourth-order valence-corrected chi connectivity index (χ4v) is 2.20. The Bertz CT molecular complexity index is 516. The van der Waals surface area contributed by atoms with Gasteiger partial charge in [0.2, 0.25) is 0 Å². The second-order valence-corrected chi connectivity index (χ2v) is 4.01. The molecule has 0 radical (unpaired) electrons. The topological polar surface area (TPSA) is 28.2 Å². The van der Waals surface area contributed by atoms with Gasteiger partial charge in [-0.2, -0.15) is 0 Å². The molecule has 2 heterocycles. The molecule has 16 heavy (non-hydrogen) atoms. The summed E-state index contributed by atoms with van der Waals surface area (Å²) in [5.74, 6) is 0. The number of fused-ring (bicyclic) bond motifs is 1. The lowest BCUT2D eigenvalue weighted by Gasteiger charge is -2.30. The first-order valence-electron chi connectivity index (χ1n) is 6.12. The summed E-state index contributed by atoms with van der Waals surface area (Å²) in [6.45, 7) is 3.43. The van der Waals surface area contributed by atoms with Crippen LogP contribution in [0.15, 0.2) is 36.5 Å². The van der Waals surface area contributed by atoms with Crippen molar-refractivity contribution in [3.63, 3.8) is 0 Å². The van der Waals surface area contributed by atoms with Gasteiger partial charge < -0.3 is 10.2 Å². The zero-order chi connectivity index (χ0) is 11.7. The molecule has 1 aliphatic rings. The Labute approximate surface area is 96.6 Å². The van der Waals surface area contributed by atoms with Crippen LogP contribution in [0.3, 0.4) is 0 Å². The fourth-order valence-electron chi connectivity index (χ4n) is 2.20. The number of pyridine rings is 1. The molecule has 1 aliphatic heterocycles. The number of para-hydroxylation sites is 1. The number of hydrogen-bond acceptors (Lipinski definition) is 3. The number of piperazine rings is 1. The maximum absolute atomic E-state index is 7.58. The monoisotopic (exact) mass is 214 g/mol. The maximum atomic E-state index is 7.58. The Morgan fingerprint density at radius 1 is 1.19 bits per heavy atom. The standard InChI is InChI=1S/C13H15N3/c1-2-4-12-11(3-1)13(5-6-15-12)16-9-7-14-8-10-16/h1-6,14H,7-10H2/i/hD. The third-order valence-electron chi connectivity index (χ3n) is 3.02. The van der Waals surface area contributed by atoms with Gasteiger partial charge in [-0.15, -0.1) is 0 Å². The van der Waals surface area contributed by atoms with E-state index < -0.39 is 0 Å². The number of rotatable bonds is 1. The number of nitrogens with zero attached hydrogens (tertiary/aromatic N) is 2. The van der Waals surface area contributed by atoms with Crippen molar-refractivity contribution in [3.05, 3.63) is 36.5 Å². The van der Waals surface area contributed by atoms with Crippen LogP contribution < -0.4 is 10.2 Å². The minimum atomic E-state index is 0.802. The highest BCUT2D eigenvalue weighted by molar-refractivity contribution is 5.91. The molecule has 3 rings (SSSR count). The molecule has 0 amide bonds. The number of anilines is 1. The molecule has 1 fully saturated rings. The maximum Gasteiger partial charge on any atom is 0.122 e. The molecule has 3 nitrogen and oxygen atoms in total. The fraction of sp³-hybridized carbons (Fsp3) is 0.308. The Kier molecular flexibility index (Phi) is 2.19. The smallest absolute Gasteiger partial charge is 0.122 e. The lowest BCUT2D eigenvalue weighted by Crippen LogP contribution is -2.43. The summed E-state index contributed by atoms with van der Waals surface area (Å²) < 4.78 is 7.58. The van der Waals surface area contributed by atoms with Crippen LogP contribution in [0.25, 0.3) is 10.9 Å². The first-order chi connectivity index (χ1) is 8.34. The van der Waals surface area contributed by atoms with Crippen LogP contribution in [-0.4, -0.2) is 31.2 Å². The summed E-state index contributed by atoms with van der Waals surface area (Å²) in [5, 5.41) is 2.83. The predicted molar refractivity (Wildman–Crippen MR) is 66.8 cm³/mol. The molecule has 1 aromatic heterocycles. The number of aromatic nitrogens is 1. The Morgan fingerprint density at radius 2 is 2.00 bits per heavy atom. The van der Waals surface area contributed by atoms with E-state index >= 15 is 0 Å². The van der Waals surface area contributed by atoms with Crippen LogP contribution >= 0.6 is 0 Å². The second-order valence-electron chi connectivity index (χ2n) is 4.01. The van der Waals surface area contributed by atoms with E-state index in [2.05, 4.69) is 22.0 Å². The van der Waals surface area contributed by atoms with E-state index in [-0.39, 0.29) is 0 Å². The van der Waals surface area contributed by atoms with Crippen molar-refractivity contribution in [2.45, 2.75) is 0 Å². The lowest BCUT2D eigenvalue weighted by molar-refractivity contribution is 0.590. The molecule has 3 heteroatoms. The second kappa shape index (κ2) is 4.10. The molecule has 2 aromatic rings. The van der Waals surface area contributed by atoms with Crippen molar-refractivity contribution < 1.29 is 1.41 Å². The van der Waals surface area contributed by atoms with Crippen LogP contribution in [0.1, 0.15) is 0 Å². The Hall–Kier alpha value is -1.61. The van der Waals surface area contributed by atoms with Crippen molar-refractivity contribution in [1.82, 2.24) is 10.3 Å². The normalized spacial score (nSPS) is 18.8. The number of hydrogen-bond donors (Lipinski definition) is 1. The minimum absolute atomic E-state index is 0.802.